The molecule has 124 valence electrons. The second kappa shape index (κ2) is 7.76. The summed E-state index contributed by atoms with van der Waals surface area (Å²) in [5, 5.41) is 2.76. The van der Waals surface area contributed by atoms with Crippen LogP contribution in [0.3, 0.4) is 0 Å². The molecule has 6 heteroatoms. The molecule has 0 saturated carbocycles. The Balaban J connectivity index is 1.73. The summed E-state index contributed by atoms with van der Waals surface area (Å²) in [6.45, 7) is 6.00. The van der Waals surface area contributed by atoms with E-state index in [0.29, 0.717) is 32.7 Å². The summed E-state index contributed by atoms with van der Waals surface area (Å²) in [7, 11) is 0. The van der Waals surface area contributed by atoms with Crippen molar-refractivity contribution in [2.75, 3.05) is 26.2 Å². The molecule has 1 fully saturated rings. The summed E-state index contributed by atoms with van der Waals surface area (Å²) in [6.07, 6.45) is -0.147. The molecule has 6 nitrogen and oxygen atoms in total. The molecule has 1 heterocycles. The first-order valence-electron chi connectivity index (χ1n) is 7.81. The van der Waals surface area contributed by atoms with Crippen molar-refractivity contribution in [2.24, 2.45) is 0 Å². The molecule has 1 aromatic rings. The van der Waals surface area contributed by atoms with E-state index in [1.807, 2.05) is 31.2 Å². The summed E-state index contributed by atoms with van der Waals surface area (Å²) in [5.74, 6) is -0.438. The Morgan fingerprint density at radius 2 is 1.57 bits per heavy atom. The van der Waals surface area contributed by atoms with Gasteiger partial charge in [0.05, 0.1) is 0 Å². The molecule has 1 N–H and O–H groups in total. The predicted octanol–water partition coefficient (Wildman–Crippen LogP) is 0.692. The highest BCUT2D eigenvalue weighted by Crippen LogP contribution is 2.05. The van der Waals surface area contributed by atoms with Gasteiger partial charge in [0.2, 0.25) is 17.7 Å². The molecule has 23 heavy (non-hydrogen) atoms. The molecule has 1 aliphatic rings. The molecule has 3 amide bonds. The minimum Gasteiger partial charge on any atom is -0.352 e. The topological polar surface area (TPSA) is 69.7 Å². The van der Waals surface area contributed by atoms with Crippen LogP contribution in [0.15, 0.2) is 24.3 Å². The summed E-state index contributed by atoms with van der Waals surface area (Å²) in [6, 6.07) is 7.89. The summed E-state index contributed by atoms with van der Waals surface area (Å²) >= 11 is 0. The zero-order valence-electron chi connectivity index (χ0n) is 13.7. The molecule has 2 rings (SSSR count). The lowest BCUT2D eigenvalue weighted by atomic mass is 10.1. The number of nitrogens with zero attached hydrogens (tertiary/aromatic N) is 2. The molecule has 0 unspecified atom stereocenters. The van der Waals surface area contributed by atoms with Gasteiger partial charge in [-0.2, -0.15) is 0 Å². The molecule has 0 atom stereocenters. The molecular weight excluding hydrogens is 294 g/mol. The smallest absolute Gasteiger partial charge is 0.232 e. The Morgan fingerprint density at radius 3 is 2.13 bits per heavy atom. The highest BCUT2D eigenvalue weighted by Gasteiger charge is 2.23. The van der Waals surface area contributed by atoms with Crippen LogP contribution in [-0.2, 0) is 20.9 Å². The predicted molar refractivity (Wildman–Crippen MR) is 86.5 cm³/mol. The standard InChI is InChI=1S/C17H23N3O3/c1-13-3-5-15(6-4-13)12-18-16(22)11-17(23)20-9-7-19(8-10-20)14(2)21/h3-6H,7-12H2,1-2H3,(H,18,22). The van der Waals surface area contributed by atoms with Crippen molar-refractivity contribution in [1.82, 2.24) is 15.1 Å². The van der Waals surface area contributed by atoms with Gasteiger partial charge in [-0.15, -0.1) is 0 Å². The summed E-state index contributed by atoms with van der Waals surface area (Å²) in [5.41, 5.74) is 2.17. The number of carbonyl (C=O) groups is 3. The first-order valence-corrected chi connectivity index (χ1v) is 7.81. The van der Waals surface area contributed by atoms with Crippen LogP contribution in [-0.4, -0.2) is 53.7 Å². The van der Waals surface area contributed by atoms with Crippen molar-refractivity contribution in [3.05, 3.63) is 35.4 Å². The van der Waals surface area contributed by atoms with E-state index in [4.69, 9.17) is 0 Å². The van der Waals surface area contributed by atoms with Crippen molar-refractivity contribution in [3.8, 4) is 0 Å². The maximum absolute atomic E-state index is 12.1. The molecule has 0 aromatic heterocycles. The number of amides is 3. The van der Waals surface area contributed by atoms with Gasteiger partial charge in [-0.05, 0) is 12.5 Å². The van der Waals surface area contributed by atoms with Gasteiger partial charge in [0.25, 0.3) is 0 Å². The van der Waals surface area contributed by atoms with E-state index in [1.54, 1.807) is 9.80 Å². The van der Waals surface area contributed by atoms with Gasteiger partial charge in [0.15, 0.2) is 0 Å². The molecule has 0 spiro atoms. The van der Waals surface area contributed by atoms with E-state index in [0.717, 1.165) is 5.56 Å². The van der Waals surface area contributed by atoms with Crippen molar-refractivity contribution in [3.63, 3.8) is 0 Å². The van der Waals surface area contributed by atoms with E-state index in [2.05, 4.69) is 5.32 Å². The molecular formula is C17H23N3O3. The maximum Gasteiger partial charge on any atom is 0.232 e. The molecule has 1 saturated heterocycles. The number of carbonyl (C=O) groups excluding carboxylic acids is 3. The summed E-state index contributed by atoms with van der Waals surface area (Å²) in [4.78, 5) is 38.6. The molecule has 0 radical (unpaired) electrons. The van der Waals surface area contributed by atoms with Crippen LogP contribution in [0.2, 0.25) is 0 Å². The van der Waals surface area contributed by atoms with Gasteiger partial charge < -0.3 is 15.1 Å². The van der Waals surface area contributed by atoms with Gasteiger partial charge >= 0.3 is 0 Å². The van der Waals surface area contributed by atoms with Crippen LogP contribution in [0.5, 0.6) is 0 Å². The molecule has 0 bridgehead atoms. The number of rotatable bonds is 4. The molecule has 1 aromatic carbocycles. The maximum atomic E-state index is 12.1. The van der Waals surface area contributed by atoms with Gasteiger partial charge in [-0.1, -0.05) is 29.8 Å². The van der Waals surface area contributed by atoms with E-state index in [1.165, 1.54) is 12.5 Å². The lowest BCUT2D eigenvalue weighted by Crippen LogP contribution is -2.50. The normalized spacial score (nSPS) is 14.5. The number of hydrogen-bond donors (Lipinski definition) is 1. The van der Waals surface area contributed by atoms with Crippen molar-refractivity contribution in [1.29, 1.82) is 0 Å². The van der Waals surface area contributed by atoms with Crippen molar-refractivity contribution < 1.29 is 14.4 Å². The fraction of sp³-hybridized carbons (Fsp3) is 0.471. The van der Waals surface area contributed by atoms with Crippen LogP contribution < -0.4 is 5.32 Å². The van der Waals surface area contributed by atoms with Gasteiger partial charge in [0, 0.05) is 39.6 Å². The number of aryl methyl sites for hydroxylation is 1. The molecule has 1 aliphatic heterocycles. The monoisotopic (exact) mass is 317 g/mol. The van der Waals surface area contributed by atoms with E-state index < -0.39 is 0 Å². The van der Waals surface area contributed by atoms with Gasteiger partial charge in [-0.25, -0.2) is 0 Å². The SMILES string of the molecule is CC(=O)N1CCN(C(=O)CC(=O)NCc2ccc(C)cc2)CC1. The zero-order valence-corrected chi connectivity index (χ0v) is 13.7. The zero-order chi connectivity index (χ0) is 16.8. The average molecular weight is 317 g/mol. The van der Waals surface area contributed by atoms with Crippen LogP contribution >= 0.6 is 0 Å². The van der Waals surface area contributed by atoms with E-state index in [9.17, 15) is 14.4 Å². The van der Waals surface area contributed by atoms with Crippen LogP contribution in [0.4, 0.5) is 0 Å². The number of piperazine rings is 1. The van der Waals surface area contributed by atoms with Crippen LogP contribution in [0.1, 0.15) is 24.5 Å². The number of hydrogen-bond acceptors (Lipinski definition) is 3. The Hall–Kier alpha value is -2.37. The highest BCUT2D eigenvalue weighted by atomic mass is 16.2. The Morgan fingerprint density at radius 1 is 1.00 bits per heavy atom. The fourth-order valence-electron chi connectivity index (χ4n) is 2.49. The van der Waals surface area contributed by atoms with Crippen molar-refractivity contribution in [2.45, 2.75) is 26.8 Å². The number of benzene rings is 1. The Labute approximate surface area is 136 Å². The minimum absolute atomic E-state index is 0.0212. The second-order valence-electron chi connectivity index (χ2n) is 5.83. The minimum atomic E-state index is -0.274. The largest absolute Gasteiger partial charge is 0.352 e. The van der Waals surface area contributed by atoms with Crippen molar-refractivity contribution >= 4 is 17.7 Å². The third kappa shape index (κ3) is 5.09. The first-order chi connectivity index (χ1) is 11.0. The highest BCUT2D eigenvalue weighted by molar-refractivity contribution is 5.96. The fourth-order valence-corrected chi connectivity index (χ4v) is 2.49. The van der Waals surface area contributed by atoms with E-state index >= 15 is 0 Å². The van der Waals surface area contributed by atoms with Crippen LogP contribution in [0, 0.1) is 6.92 Å². The lowest BCUT2D eigenvalue weighted by molar-refractivity contribution is -0.141. The summed E-state index contributed by atoms with van der Waals surface area (Å²) < 4.78 is 0. The van der Waals surface area contributed by atoms with Gasteiger partial charge in [-0.3, -0.25) is 14.4 Å². The third-order valence-electron chi connectivity index (χ3n) is 4.00. The molecule has 0 aliphatic carbocycles. The average Bonchev–Trinajstić information content (AvgIpc) is 2.54. The van der Waals surface area contributed by atoms with Gasteiger partial charge in [0.1, 0.15) is 6.42 Å². The second-order valence-corrected chi connectivity index (χ2v) is 5.83. The van der Waals surface area contributed by atoms with E-state index in [-0.39, 0.29) is 24.1 Å². The lowest BCUT2D eigenvalue weighted by Gasteiger charge is -2.34. The first kappa shape index (κ1) is 17.0. The number of nitrogens with one attached hydrogen (secondary N) is 1. The quantitative estimate of drug-likeness (QED) is 0.831. The Bertz CT molecular complexity index is 575. The third-order valence-corrected chi connectivity index (χ3v) is 4.00. The Kier molecular flexibility index (Phi) is 5.73. The van der Waals surface area contributed by atoms with Crippen LogP contribution in [0.25, 0.3) is 0 Å².